The van der Waals surface area contributed by atoms with Gasteiger partial charge in [0.05, 0.1) is 0 Å². The number of aromatic nitrogens is 2. The lowest BCUT2D eigenvalue weighted by Crippen LogP contribution is -2.13. The minimum absolute atomic E-state index is 0.277. The molecule has 0 bridgehead atoms. The molecule has 0 aliphatic heterocycles. The second-order valence-electron chi connectivity index (χ2n) is 3.36. The summed E-state index contributed by atoms with van der Waals surface area (Å²) in [5.41, 5.74) is 7.47. The highest BCUT2D eigenvalue weighted by Gasteiger charge is 2.03. The fraction of sp³-hybridized carbons (Fsp3) is 0.0909. The molecular weight excluding hydrogens is 190 g/mol. The van der Waals surface area contributed by atoms with Gasteiger partial charge in [-0.15, -0.1) is 0 Å². The molecule has 0 unspecified atom stereocenters. The Morgan fingerprint density at radius 2 is 2.27 bits per heavy atom. The Labute approximate surface area is 87.4 Å². The van der Waals surface area contributed by atoms with Crippen molar-refractivity contribution in [1.29, 1.82) is 0 Å². The Kier molecular flexibility index (Phi) is 2.25. The third-order valence-corrected chi connectivity index (χ3v) is 2.13. The molecule has 0 aliphatic carbocycles. The second kappa shape index (κ2) is 3.57. The molecule has 0 aromatic carbocycles. The van der Waals surface area contributed by atoms with Crippen molar-refractivity contribution in [2.45, 2.75) is 6.92 Å². The van der Waals surface area contributed by atoms with Gasteiger partial charge in [0.2, 0.25) is 0 Å². The molecule has 2 rings (SSSR count). The van der Waals surface area contributed by atoms with Crippen LogP contribution in [0.1, 0.15) is 16.1 Å². The number of nitrogens with two attached hydrogens (primary N) is 1. The second-order valence-corrected chi connectivity index (χ2v) is 3.36. The van der Waals surface area contributed by atoms with Gasteiger partial charge in [0.15, 0.2) is 0 Å². The van der Waals surface area contributed by atoms with Crippen molar-refractivity contribution in [3.63, 3.8) is 0 Å². The van der Waals surface area contributed by atoms with Crippen LogP contribution in [0.3, 0.4) is 0 Å². The first-order valence-electron chi connectivity index (χ1n) is 4.57. The number of carbonyl (C=O) groups is 1. The van der Waals surface area contributed by atoms with Gasteiger partial charge < -0.3 is 10.3 Å². The lowest BCUT2D eigenvalue weighted by Gasteiger charge is -2.03. The highest BCUT2D eigenvalue weighted by molar-refractivity contribution is 5.91. The zero-order chi connectivity index (χ0) is 10.8. The Morgan fingerprint density at radius 3 is 2.87 bits per heavy atom. The van der Waals surface area contributed by atoms with Crippen LogP contribution < -0.4 is 5.73 Å². The lowest BCUT2D eigenvalue weighted by molar-refractivity contribution is 0.0995. The zero-order valence-corrected chi connectivity index (χ0v) is 8.34. The van der Waals surface area contributed by atoms with E-state index in [1.54, 1.807) is 12.3 Å². The number of rotatable bonds is 2. The zero-order valence-electron chi connectivity index (χ0n) is 8.34. The molecule has 15 heavy (non-hydrogen) atoms. The van der Waals surface area contributed by atoms with Gasteiger partial charge in [-0.25, -0.2) is 0 Å². The maximum atomic E-state index is 10.9. The fourth-order valence-corrected chi connectivity index (χ4v) is 1.38. The lowest BCUT2D eigenvalue weighted by atomic mass is 10.3. The maximum absolute atomic E-state index is 10.9. The van der Waals surface area contributed by atoms with Crippen molar-refractivity contribution in [3.05, 3.63) is 48.0 Å². The molecule has 0 saturated carbocycles. The van der Waals surface area contributed by atoms with Crippen LogP contribution in [0.15, 0.2) is 36.8 Å². The van der Waals surface area contributed by atoms with E-state index in [0.29, 0.717) is 0 Å². The molecule has 1 amide bonds. The summed E-state index contributed by atoms with van der Waals surface area (Å²) in [6, 6.07) is 5.48. The third-order valence-electron chi connectivity index (χ3n) is 2.13. The number of amides is 1. The molecule has 2 aromatic rings. The smallest absolute Gasteiger partial charge is 0.267 e. The van der Waals surface area contributed by atoms with Gasteiger partial charge >= 0.3 is 0 Å². The van der Waals surface area contributed by atoms with Crippen LogP contribution in [0.25, 0.3) is 5.69 Å². The molecule has 0 atom stereocenters. The summed E-state index contributed by atoms with van der Waals surface area (Å²) < 4.78 is 1.92. The summed E-state index contributed by atoms with van der Waals surface area (Å²) in [6.07, 6.45) is 5.47. The summed E-state index contributed by atoms with van der Waals surface area (Å²) in [5, 5.41) is 0. The normalized spacial score (nSPS) is 10.2. The molecule has 0 aliphatic rings. The number of pyridine rings is 1. The topological polar surface area (TPSA) is 60.9 Å². The molecule has 76 valence electrons. The predicted molar refractivity (Wildman–Crippen MR) is 56.8 cm³/mol. The van der Waals surface area contributed by atoms with Crippen molar-refractivity contribution in [1.82, 2.24) is 9.55 Å². The summed E-state index contributed by atoms with van der Waals surface area (Å²) in [5.74, 6) is -0.513. The standard InChI is InChI=1S/C11H11N3O/c1-8-3-5-14(7-8)9-2-4-13-10(6-9)11(12)15/h2-7H,1H3,(H2,12,15). The first kappa shape index (κ1) is 9.45. The van der Waals surface area contributed by atoms with Gasteiger partial charge in [0, 0.05) is 24.3 Å². The molecular formula is C11H11N3O. The van der Waals surface area contributed by atoms with Crippen LogP contribution in [-0.4, -0.2) is 15.5 Å². The van der Waals surface area contributed by atoms with Crippen molar-refractivity contribution in [2.24, 2.45) is 5.73 Å². The highest BCUT2D eigenvalue weighted by Crippen LogP contribution is 2.10. The number of aryl methyl sites for hydroxylation is 1. The predicted octanol–water partition coefficient (Wildman–Crippen LogP) is 1.28. The maximum Gasteiger partial charge on any atom is 0.267 e. The van der Waals surface area contributed by atoms with E-state index in [0.717, 1.165) is 11.3 Å². The SMILES string of the molecule is Cc1ccn(-c2ccnc(C(N)=O)c2)c1. The van der Waals surface area contributed by atoms with Crippen molar-refractivity contribution < 1.29 is 4.79 Å². The first-order valence-corrected chi connectivity index (χ1v) is 4.57. The quantitative estimate of drug-likeness (QED) is 0.795. The van der Waals surface area contributed by atoms with E-state index < -0.39 is 5.91 Å². The van der Waals surface area contributed by atoms with E-state index in [2.05, 4.69) is 4.98 Å². The summed E-state index contributed by atoms with van der Waals surface area (Å²) in [6.45, 7) is 2.01. The molecule has 0 radical (unpaired) electrons. The minimum atomic E-state index is -0.513. The van der Waals surface area contributed by atoms with E-state index >= 15 is 0 Å². The summed E-state index contributed by atoms with van der Waals surface area (Å²) in [7, 11) is 0. The summed E-state index contributed by atoms with van der Waals surface area (Å²) in [4.78, 5) is 14.8. The molecule has 2 N–H and O–H groups in total. The largest absolute Gasteiger partial charge is 0.364 e. The molecule has 0 spiro atoms. The van der Waals surface area contributed by atoms with Crippen LogP contribution in [0.2, 0.25) is 0 Å². The van der Waals surface area contributed by atoms with E-state index in [9.17, 15) is 4.79 Å². The van der Waals surface area contributed by atoms with E-state index in [-0.39, 0.29) is 5.69 Å². The van der Waals surface area contributed by atoms with Crippen molar-refractivity contribution in [3.8, 4) is 5.69 Å². The van der Waals surface area contributed by atoms with E-state index in [4.69, 9.17) is 5.73 Å². The number of nitrogens with zero attached hydrogens (tertiary/aromatic N) is 2. The molecule has 0 fully saturated rings. The van der Waals surface area contributed by atoms with Crippen LogP contribution in [0.4, 0.5) is 0 Å². The van der Waals surface area contributed by atoms with Crippen LogP contribution in [0, 0.1) is 6.92 Å². The van der Waals surface area contributed by atoms with Crippen LogP contribution in [0.5, 0.6) is 0 Å². The van der Waals surface area contributed by atoms with Crippen molar-refractivity contribution >= 4 is 5.91 Å². The third kappa shape index (κ3) is 1.88. The molecule has 4 heteroatoms. The van der Waals surface area contributed by atoms with Gasteiger partial charge in [0.1, 0.15) is 5.69 Å². The fourth-order valence-electron chi connectivity index (χ4n) is 1.38. The van der Waals surface area contributed by atoms with Crippen LogP contribution in [-0.2, 0) is 0 Å². The van der Waals surface area contributed by atoms with Crippen LogP contribution >= 0.6 is 0 Å². The molecule has 2 aromatic heterocycles. The van der Waals surface area contributed by atoms with E-state index in [1.165, 1.54) is 0 Å². The average Bonchev–Trinajstić information content (AvgIpc) is 2.65. The number of hydrogen-bond donors (Lipinski definition) is 1. The first-order chi connectivity index (χ1) is 7.16. The van der Waals surface area contributed by atoms with Gasteiger partial charge in [-0.2, -0.15) is 0 Å². The molecule has 2 heterocycles. The Bertz CT molecular complexity index is 502. The minimum Gasteiger partial charge on any atom is -0.364 e. The number of hydrogen-bond acceptors (Lipinski definition) is 2. The van der Waals surface area contributed by atoms with E-state index in [1.807, 2.05) is 36.0 Å². The van der Waals surface area contributed by atoms with Gasteiger partial charge in [-0.05, 0) is 30.7 Å². The Balaban J connectivity index is 2.45. The van der Waals surface area contributed by atoms with Gasteiger partial charge in [-0.3, -0.25) is 9.78 Å². The summed E-state index contributed by atoms with van der Waals surface area (Å²) >= 11 is 0. The van der Waals surface area contributed by atoms with Gasteiger partial charge in [-0.1, -0.05) is 0 Å². The molecule has 4 nitrogen and oxygen atoms in total. The average molecular weight is 201 g/mol. The highest BCUT2D eigenvalue weighted by atomic mass is 16.1. The number of carbonyl (C=O) groups excluding carboxylic acids is 1. The Morgan fingerprint density at radius 1 is 1.47 bits per heavy atom. The van der Waals surface area contributed by atoms with Gasteiger partial charge in [0.25, 0.3) is 5.91 Å². The monoisotopic (exact) mass is 201 g/mol. The van der Waals surface area contributed by atoms with Crippen molar-refractivity contribution in [2.75, 3.05) is 0 Å². The molecule has 0 saturated heterocycles. The number of primary amides is 1. The Hall–Kier alpha value is -2.10.